The van der Waals surface area contributed by atoms with Gasteiger partial charge in [0.1, 0.15) is 11.4 Å². The number of azo groups is 1. The van der Waals surface area contributed by atoms with Crippen molar-refractivity contribution >= 4 is 38.2 Å². The second-order valence-electron chi connectivity index (χ2n) is 5.34. The van der Waals surface area contributed by atoms with Gasteiger partial charge in [0.05, 0.1) is 16.1 Å². The summed E-state index contributed by atoms with van der Waals surface area (Å²) in [5.41, 5.74) is 0.557. The highest BCUT2D eigenvalue weighted by atomic mass is 32.2. The predicted molar refractivity (Wildman–Crippen MR) is 93.0 cm³/mol. The summed E-state index contributed by atoms with van der Waals surface area (Å²) in [5, 5.41) is 28.1. The summed E-state index contributed by atoms with van der Waals surface area (Å²) in [7, 11) is -4.29. The Labute approximate surface area is 147 Å². The minimum Gasteiger partial charge on any atom is -0.506 e. The highest BCUT2D eigenvalue weighted by Gasteiger charge is 2.11. The van der Waals surface area contributed by atoms with E-state index < -0.39 is 16.1 Å². The third-order valence-electron chi connectivity index (χ3n) is 3.62. The van der Waals surface area contributed by atoms with Gasteiger partial charge in [-0.15, -0.1) is 5.11 Å². The van der Waals surface area contributed by atoms with Crippen LogP contribution in [0.4, 0.5) is 11.4 Å². The first kappa shape index (κ1) is 17.5. The van der Waals surface area contributed by atoms with Crippen molar-refractivity contribution in [3.63, 3.8) is 0 Å². The van der Waals surface area contributed by atoms with E-state index in [1.165, 1.54) is 48.5 Å². The minimum absolute atomic E-state index is 0.104. The molecule has 0 aromatic heterocycles. The average molecular weight is 372 g/mol. The van der Waals surface area contributed by atoms with Gasteiger partial charge in [0.25, 0.3) is 10.1 Å². The molecule has 0 amide bonds. The van der Waals surface area contributed by atoms with Crippen LogP contribution in [0, 0.1) is 0 Å². The highest BCUT2D eigenvalue weighted by molar-refractivity contribution is 7.85. The number of aromatic hydroxyl groups is 1. The Bertz CT molecular complexity index is 1140. The Morgan fingerprint density at radius 2 is 1.62 bits per heavy atom. The zero-order valence-electron chi connectivity index (χ0n) is 13.1. The SMILES string of the molecule is O=C(O)c1ccc2c(N=Nc3ccc(S(=O)(=O)O)cc3)c(O)ccc2c1. The Hall–Kier alpha value is -3.30. The number of phenolic OH excluding ortho intramolecular Hbond substituents is 1. The van der Waals surface area contributed by atoms with Gasteiger partial charge in [0.15, 0.2) is 0 Å². The first-order valence-electron chi connectivity index (χ1n) is 7.24. The number of hydrogen-bond donors (Lipinski definition) is 3. The molecule has 0 aliphatic heterocycles. The van der Waals surface area contributed by atoms with Crippen LogP contribution in [0.15, 0.2) is 69.7 Å². The van der Waals surface area contributed by atoms with Crippen molar-refractivity contribution in [1.82, 2.24) is 0 Å². The quantitative estimate of drug-likeness (QED) is 0.469. The number of hydrogen-bond acceptors (Lipinski definition) is 6. The number of carboxylic acid groups (broad SMARTS) is 1. The van der Waals surface area contributed by atoms with E-state index in [0.717, 1.165) is 0 Å². The molecule has 3 aromatic carbocycles. The molecule has 0 unspecified atom stereocenters. The summed E-state index contributed by atoms with van der Waals surface area (Å²) in [4.78, 5) is 10.8. The van der Waals surface area contributed by atoms with Crippen molar-refractivity contribution in [2.45, 2.75) is 4.90 Å². The lowest BCUT2D eigenvalue weighted by Crippen LogP contribution is -1.96. The smallest absolute Gasteiger partial charge is 0.335 e. The van der Waals surface area contributed by atoms with Crippen LogP contribution >= 0.6 is 0 Å². The maximum absolute atomic E-state index is 11.1. The maximum Gasteiger partial charge on any atom is 0.335 e. The van der Waals surface area contributed by atoms with Crippen LogP contribution in [-0.2, 0) is 10.1 Å². The molecule has 3 rings (SSSR count). The molecule has 0 aliphatic carbocycles. The first-order valence-corrected chi connectivity index (χ1v) is 8.68. The van der Waals surface area contributed by atoms with Crippen molar-refractivity contribution in [2.24, 2.45) is 10.2 Å². The summed E-state index contributed by atoms with van der Waals surface area (Å²) in [6.45, 7) is 0. The molecule has 0 heterocycles. The predicted octanol–water partition coefficient (Wildman–Crippen LogP) is 3.91. The second-order valence-corrected chi connectivity index (χ2v) is 6.76. The standard InChI is InChI=1S/C17H12N2O6S/c20-15-8-2-10-9-11(17(21)22)1-7-14(10)16(15)19-18-12-3-5-13(6-4-12)26(23,24)25/h1-9,20H,(H,21,22)(H,23,24,25). The molecule has 0 fully saturated rings. The third kappa shape index (κ3) is 3.53. The molecule has 3 N–H and O–H groups in total. The number of fused-ring (bicyclic) bond motifs is 1. The maximum atomic E-state index is 11.1. The van der Waals surface area contributed by atoms with E-state index in [0.29, 0.717) is 16.5 Å². The Kier molecular flexibility index (Phi) is 4.41. The zero-order chi connectivity index (χ0) is 18.9. The topological polar surface area (TPSA) is 137 Å². The molecular weight excluding hydrogens is 360 g/mol. The molecule has 0 saturated heterocycles. The van der Waals surface area contributed by atoms with Crippen LogP contribution in [0.2, 0.25) is 0 Å². The lowest BCUT2D eigenvalue weighted by Gasteiger charge is -2.05. The van der Waals surface area contributed by atoms with Crippen molar-refractivity contribution in [3.8, 4) is 5.75 Å². The van der Waals surface area contributed by atoms with Crippen molar-refractivity contribution in [2.75, 3.05) is 0 Å². The molecule has 132 valence electrons. The van der Waals surface area contributed by atoms with Gasteiger partial charge in [-0.05, 0) is 47.9 Å². The molecule has 8 nitrogen and oxygen atoms in total. The van der Waals surface area contributed by atoms with E-state index in [2.05, 4.69) is 10.2 Å². The van der Waals surface area contributed by atoms with Crippen molar-refractivity contribution in [3.05, 3.63) is 60.2 Å². The zero-order valence-corrected chi connectivity index (χ0v) is 13.9. The van der Waals surface area contributed by atoms with Crippen LogP contribution in [0.5, 0.6) is 5.75 Å². The third-order valence-corrected chi connectivity index (χ3v) is 4.48. The van der Waals surface area contributed by atoms with E-state index in [9.17, 15) is 18.3 Å². The van der Waals surface area contributed by atoms with E-state index in [1.807, 2.05) is 0 Å². The van der Waals surface area contributed by atoms with E-state index in [4.69, 9.17) is 9.66 Å². The van der Waals surface area contributed by atoms with Gasteiger partial charge in [-0.3, -0.25) is 4.55 Å². The molecule has 9 heteroatoms. The lowest BCUT2D eigenvalue weighted by molar-refractivity contribution is 0.0697. The highest BCUT2D eigenvalue weighted by Crippen LogP contribution is 2.36. The molecular formula is C17H12N2O6S. The Morgan fingerprint density at radius 3 is 2.23 bits per heavy atom. The van der Waals surface area contributed by atoms with Crippen LogP contribution in [0.3, 0.4) is 0 Å². The molecule has 0 atom stereocenters. The van der Waals surface area contributed by atoms with E-state index in [-0.39, 0.29) is 21.9 Å². The molecule has 0 spiro atoms. The Balaban J connectivity index is 2.01. The van der Waals surface area contributed by atoms with Gasteiger partial charge in [-0.1, -0.05) is 12.1 Å². The molecule has 0 radical (unpaired) electrons. The number of phenols is 1. The monoisotopic (exact) mass is 372 g/mol. The Morgan fingerprint density at radius 1 is 0.923 bits per heavy atom. The summed E-state index contributed by atoms with van der Waals surface area (Å²) >= 11 is 0. The number of benzene rings is 3. The van der Waals surface area contributed by atoms with Gasteiger partial charge < -0.3 is 10.2 Å². The number of carboxylic acids is 1. The van der Waals surface area contributed by atoms with Gasteiger partial charge in [0, 0.05) is 5.39 Å². The molecule has 0 saturated carbocycles. The minimum atomic E-state index is -4.29. The average Bonchev–Trinajstić information content (AvgIpc) is 2.60. The largest absolute Gasteiger partial charge is 0.506 e. The summed E-state index contributed by atoms with van der Waals surface area (Å²) in [6, 6.07) is 12.3. The number of rotatable bonds is 4. The molecule has 0 bridgehead atoms. The lowest BCUT2D eigenvalue weighted by atomic mass is 10.1. The van der Waals surface area contributed by atoms with Crippen LogP contribution in [0.1, 0.15) is 10.4 Å². The fraction of sp³-hybridized carbons (Fsp3) is 0. The summed E-state index contributed by atoms with van der Waals surface area (Å²) in [5.74, 6) is -1.21. The number of nitrogens with zero attached hydrogens (tertiary/aromatic N) is 2. The van der Waals surface area contributed by atoms with Gasteiger partial charge in [0.2, 0.25) is 0 Å². The second kappa shape index (κ2) is 6.54. The van der Waals surface area contributed by atoms with Crippen molar-refractivity contribution < 1.29 is 28.0 Å². The van der Waals surface area contributed by atoms with Gasteiger partial charge >= 0.3 is 5.97 Å². The van der Waals surface area contributed by atoms with Crippen LogP contribution in [-0.4, -0.2) is 29.2 Å². The molecule has 26 heavy (non-hydrogen) atoms. The fourth-order valence-electron chi connectivity index (χ4n) is 2.33. The van der Waals surface area contributed by atoms with Gasteiger partial charge in [-0.25, -0.2) is 4.79 Å². The van der Waals surface area contributed by atoms with Crippen LogP contribution < -0.4 is 0 Å². The van der Waals surface area contributed by atoms with Crippen LogP contribution in [0.25, 0.3) is 10.8 Å². The normalized spacial score (nSPS) is 11.9. The first-order chi connectivity index (χ1) is 12.3. The number of carbonyl (C=O) groups is 1. The summed E-state index contributed by atoms with van der Waals surface area (Å²) in [6.07, 6.45) is 0. The fourth-order valence-corrected chi connectivity index (χ4v) is 2.81. The molecule has 3 aromatic rings. The number of aromatic carboxylic acids is 1. The van der Waals surface area contributed by atoms with Gasteiger partial charge in [-0.2, -0.15) is 13.5 Å². The molecule has 0 aliphatic rings. The summed E-state index contributed by atoms with van der Waals surface area (Å²) < 4.78 is 31.0. The van der Waals surface area contributed by atoms with Crippen molar-refractivity contribution in [1.29, 1.82) is 0 Å². The van der Waals surface area contributed by atoms with E-state index in [1.54, 1.807) is 6.07 Å². The van der Waals surface area contributed by atoms with E-state index >= 15 is 0 Å².